The molecule has 1 atom stereocenters. The summed E-state index contributed by atoms with van der Waals surface area (Å²) >= 11 is 0. The number of H-pyrrole nitrogens is 1. The number of rotatable bonds is 3. The van der Waals surface area contributed by atoms with E-state index in [0.717, 1.165) is 35.2 Å². The van der Waals surface area contributed by atoms with Crippen molar-refractivity contribution in [3.8, 4) is 0 Å². The molecule has 0 radical (unpaired) electrons. The fourth-order valence-corrected chi connectivity index (χ4v) is 3.41. The Morgan fingerprint density at radius 2 is 1.83 bits per heavy atom. The van der Waals surface area contributed by atoms with E-state index in [-0.39, 0.29) is 17.7 Å². The second-order valence-corrected chi connectivity index (χ2v) is 6.76. The van der Waals surface area contributed by atoms with Gasteiger partial charge in [0, 0.05) is 24.7 Å². The number of Topliss-reactive ketones (excluding diaryl/α,β-unsaturated/α-hetero) is 1. The zero-order valence-electron chi connectivity index (χ0n) is 14.8. The molecule has 4 nitrogen and oxygen atoms in total. The molecule has 3 rings (SSSR count). The Bertz CT molecular complexity index is 787. The highest BCUT2D eigenvalue weighted by Crippen LogP contribution is 2.28. The fourth-order valence-electron chi connectivity index (χ4n) is 3.41. The van der Waals surface area contributed by atoms with E-state index in [0.29, 0.717) is 12.1 Å². The molecule has 1 N–H and O–H groups in total. The first-order valence-electron chi connectivity index (χ1n) is 8.48. The molecule has 1 unspecified atom stereocenters. The number of amides is 1. The summed E-state index contributed by atoms with van der Waals surface area (Å²) in [7, 11) is 1.81. The van der Waals surface area contributed by atoms with Crippen LogP contribution < -0.4 is 0 Å². The molecule has 1 aliphatic rings. The van der Waals surface area contributed by atoms with Crippen LogP contribution in [0.5, 0.6) is 0 Å². The van der Waals surface area contributed by atoms with E-state index in [1.165, 1.54) is 5.56 Å². The van der Waals surface area contributed by atoms with E-state index in [1.54, 1.807) is 4.90 Å². The van der Waals surface area contributed by atoms with Crippen molar-refractivity contribution in [2.45, 2.75) is 46.1 Å². The lowest BCUT2D eigenvalue weighted by Gasteiger charge is -2.25. The molecule has 4 heteroatoms. The van der Waals surface area contributed by atoms with Crippen LogP contribution in [0.2, 0.25) is 0 Å². The summed E-state index contributed by atoms with van der Waals surface area (Å²) in [6.45, 7) is 5.94. The number of aromatic amines is 1. The van der Waals surface area contributed by atoms with Crippen LogP contribution in [0.3, 0.4) is 0 Å². The average molecular weight is 324 g/mol. The molecule has 0 aliphatic heterocycles. The average Bonchev–Trinajstić information content (AvgIpc) is 2.91. The first-order valence-corrected chi connectivity index (χ1v) is 8.48. The van der Waals surface area contributed by atoms with E-state index in [1.807, 2.05) is 27.8 Å². The minimum atomic E-state index is -0.0669. The van der Waals surface area contributed by atoms with Gasteiger partial charge >= 0.3 is 0 Å². The van der Waals surface area contributed by atoms with Crippen LogP contribution in [0.4, 0.5) is 0 Å². The van der Waals surface area contributed by atoms with E-state index < -0.39 is 0 Å². The van der Waals surface area contributed by atoms with Crippen LogP contribution in [-0.4, -0.2) is 28.6 Å². The number of nitrogens with one attached hydrogen (secondary N) is 1. The summed E-state index contributed by atoms with van der Waals surface area (Å²) in [5, 5.41) is 0. The van der Waals surface area contributed by atoms with Crippen molar-refractivity contribution >= 4 is 11.7 Å². The van der Waals surface area contributed by atoms with Gasteiger partial charge in [-0.2, -0.15) is 0 Å². The van der Waals surface area contributed by atoms with Crippen molar-refractivity contribution in [3.05, 3.63) is 57.9 Å². The maximum absolute atomic E-state index is 13.0. The molecular formula is C20H24N2O2. The van der Waals surface area contributed by atoms with E-state index in [2.05, 4.69) is 29.2 Å². The Morgan fingerprint density at radius 1 is 1.17 bits per heavy atom. The third kappa shape index (κ3) is 2.77. The maximum Gasteiger partial charge on any atom is 0.270 e. The molecule has 24 heavy (non-hydrogen) atoms. The van der Waals surface area contributed by atoms with Gasteiger partial charge in [0.15, 0.2) is 5.78 Å². The van der Waals surface area contributed by atoms with Crippen molar-refractivity contribution in [2.24, 2.45) is 0 Å². The van der Waals surface area contributed by atoms with Crippen molar-refractivity contribution in [1.29, 1.82) is 0 Å². The van der Waals surface area contributed by atoms with Gasteiger partial charge in [0.25, 0.3) is 5.91 Å². The van der Waals surface area contributed by atoms with E-state index in [4.69, 9.17) is 0 Å². The highest BCUT2D eigenvalue weighted by molar-refractivity contribution is 6.04. The Balaban J connectivity index is 1.88. The van der Waals surface area contributed by atoms with Crippen LogP contribution >= 0.6 is 0 Å². The summed E-state index contributed by atoms with van der Waals surface area (Å²) < 4.78 is 0. The van der Waals surface area contributed by atoms with Gasteiger partial charge in [-0.05, 0) is 44.7 Å². The summed E-state index contributed by atoms with van der Waals surface area (Å²) in [4.78, 5) is 30.1. The number of hydrogen-bond acceptors (Lipinski definition) is 2. The van der Waals surface area contributed by atoms with Gasteiger partial charge in [-0.15, -0.1) is 0 Å². The van der Waals surface area contributed by atoms with Gasteiger partial charge in [-0.1, -0.05) is 29.8 Å². The Kier molecular flexibility index (Phi) is 4.31. The second-order valence-electron chi connectivity index (χ2n) is 6.76. The van der Waals surface area contributed by atoms with Gasteiger partial charge in [0.1, 0.15) is 5.69 Å². The minimum Gasteiger partial charge on any atom is -0.354 e. The molecule has 0 spiro atoms. The van der Waals surface area contributed by atoms with Gasteiger partial charge in [0.2, 0.25) is 0 Å². The molecule has 2 aromatic rings. The smallest absolute Gasteiger partial charge is 0.270 e. The Hall–Kier alpha value is -2.36. The number of fused-ring (bicyclic) bond motifs is 1. The molecule has 0 fully saturated rings. The Labute approximate surface area is 142 Å². The minimum absolute atomic E-state index is 0.0338. The van der Waals surface area contributed by atoms with Crippen LogP contribution in [0.15, 0.2) is 24.3 Å². The molecule has 0 saturated carbocycles. The normalized spacial score (nSPS) is 15.1. The predicted octanol–water partition coefficient (Wildman–Crippen LogP) is 3.98. The highest BCUT2D eigenvalue weighted by atomic mass is 16.2. The number of aryl methyl sites for hydroxylation is 2. The number of carbonyl (C=O) groups excluding carboxylic acids is 2. The van der Waals surface area contributed by atoms with Crippen LogP contribution in [-0.2, 0) is 6.42 Å². The Morgan fingerprint density at radius 3 is 2.46 bits per heavy atom. The van der Waals surface area contributed by atoms with Crippen molar-refractivity contribution in [3.63, 3.8) is 0 Å². The van der Waals surface area contributed by atoms with Crippen molar-refractivity contribution in [1.82, 2.24) is 9.88 Å². The molecule has 0 bridgehead atoms. The van der Waals surface area contributed by atoms with E-state index >= 15 is 0 Å². The van der Waals surface area contributed by atoms with Crippen molar-refractivity contribution < 1.29 is 9.59 Å². The first-order chi connectivity index (χ1) is 11.4. The third-order valence-corrected chi connectivity index (χ3v) is 5.11. The van der Waals surface area contributed by atoms with Crippen LogP contribution in [0, 0.1) is 13.8 Å². The molecular weight excluding hydrogens is 300 g/mol. The lowest BCUT2D eigenvalue weighted by atomic mass is 9.93. The SMILES string of the molecule is Cc1ccc(C(C)N(C)C(=O)c2[nH]c3c(c2C)C(=O)CCC3)cc1. The molecule has 1 amide bonds. The molecule has 126 valence electrons. The molecule has 1 aromatic carbocycles. The summed E-state index contributed by atoms with van der Waals surface area (Å²) in [5.74, 6) is 0.0843. The van der Waals surface area contributed by atoms with Gasteiger partial charge in [-0.3, -0.25) is 9.59 Å². The van der Waals surface area contributed by atoms with E-state index in [9.17, 15) is 9.59 Å². The fraction of sp³-hybridized carbons (Fsp3) is 0.400. The highest BCUT2D eigenvalue weighted by Gasteiger charge is 2.28. The quantitative estimate of drug-likeness (QED) is 0.928. The number of aromatic nitrogens is 1. The summed E-state index contributed by atoms with van der Waals surface area (Å²) in [5.41, 5.74) is 5.30. The summed E-state index contributed by atoms with van der Waals surface area (Å²) in [6.07, 6.45) is 2.27. The number of nitrogens with zero attached hydrogens (tertiary/aromatic N) is 1. The second kappa shape index (κ2) is 6.27. The third-order valence-electron chi connectivity index (χ3n) is 5.11. The molecule has 1 aromatic heterocycles. The number of hydrogen-bond donors (Lipinski definition) is 1. The van der Waals surface area contributed by atoms with Gasteiger partial charge in [0.05, 0.1) is 6.04 Å². The number of benzene rings is 1. The topological polar surface area (TPSA) is 53.2 Å². The van der Waals surface area contributed by atoms with Crippen LogP contribution in [0.25, 0.3) is 0 Å². The largest absolute Gasteiger partial charge is 0.354 e. The number of ketones is 1. The standard InChI is InChI=1S/C20H24N2O2/c1-12-8-10-15(11-9-12)14(3)22(4)20(24)19-13(2)18-16(21-19)6-5-7-17(18)23/h8-11,14,21H,5-7H2,1-4H3. The summed E-state index contributed by atoms with van der Waals surface area (Å²) in [6, 6.07) is 8.19. The van der Waals surface area contributed by atoms with Gasteiger partial charge in [-0.25, -0.2) is 0 Å². The first kappa shape index (κ1) is 16.5. The lowest BCUT2D eigenvalue weighted by Crippen LogP contribution is -2.30. The lowest BCUT2D eigenvalue weighted by molar-refractivity contribution is 0.0736. The molecule has 1 aliphatic carbocycles. The van der Waals surface area contributed by atoms with Gasteiger partial charge < -0.3 is 9.88 Å². The zero-order valence-corrected chi connectivity index (χ0v) is 14.8. The van der Waals surface area contributed by atoms with Crippen LogP contribution in [0.1, 0.15) is 69.0 Å². The van der Waals surface area contributed by atoms with Crippen molar-refractivity contribution in [2.75, 3.05) is 7.05 Å². The molecule has 1 heterocycles. The predicted molar refractivity (Wildman–Crippen MR) is 94.5 cm³/mol. The monoisotopic (exact) mass is 324 g/mol. The zero-order chi connectivity index (χ0) is 17.4. The maximum atomic E-state index is 13.0. The molecule has 0 saturated heterocycles. The number of carbonyl (C=O) groups is 2.